The molecule has 1 amide bonds. The van der Waals surface area contributed by atoms with Gasteiger partial charge in [-0.25, -0.2) is 0 Å². The van der Waals surface area contributed by atoms with Gasteiger partial charge in [0.15, 0.2) is 0 Å². The second-order valence-electron chi connectivity index (χ2n) is 2.93. The molecule has 0 radical (unpaired) electrons. The molecule has 0 spiro atoms. The van der Waals surface area contributed by atoms with Crippen LogP contribution in [0.5, 0.6) is 0 Å². The Morgan fingerprint density at radius 2 is 2.33 bits per heavy atom. The van der Waals surface area contributed by atoms with Crippen LogP contribution in [0.3, 0.4) is 0 Å². The van der Waals surface area contributed by atoms with Crippen LogP contribution in [0.15, 0.2) is 23.9 Å². The Labute approximate surface area is 72.7 Å². The molecule has 12 heavy (non-hydrogen) atoms. The van der Waals surface area contributed by atoms with Crippen molar-refractivity contribution in [2.75, 3.05) is 14.1 Å². The second kappa shape index (κ2) is 3.43. The van der Waals surface area contributed by atoms with Gasteiger partial charge in [-0.3, -0.25) is 4.79 Å². The van der Waals surface area contributed by atoms with Crippen molar-refractivity contribution in [3.8, 4) is 0 Å². The highest BCUT2D eigenvalue weighted by molar-refractivity contribution is 5.96. The predicted octanol–water partition coefficient (Wildman–Crippen LogP) is 0.506. The number of nitrogens with one attached hydrogen (secondary N) is 1. The van der Waals surface area contributed by atoms with Crippen molar-refractivity contribution >= 4 is 5.91 Å². The number of carbonyl (C=O) groups excluding carboxylic acids is 1. The second-order valence-corrected chi connectivity index (χ2v) is 2.93. The van der Waals surface area contributed by atoms with Gasteiger partial charge in [0.2, 0.25) is 0 Å². The summed E-state index contributed by atoms with van der Waals surface area (Å²) in [5.41, 5.74) is 0.707. The highest BCUT2D eigenvalue weighted by Gasteiger charge is 2.12. The van der Waals surface area contributed by atoms with Gasteiger partial charge in [0.25, 0.3) is 5.91 Å². The Morgan fingerprint density at radius 1 is 1.67 bits per heavy atom. The predicted molar refractivity (Wildman–Crippen MR) is 48.5 cm³/mol. The molecule has 0 aromatic rings. The van der Waals surface area contributed by atoms with Crippen molar-refractivity contribution in [1.82, 2.24) is 10.2 Å². The van der Waals surface area contributed by atoms with Crippen molar-refractivity contribution in [1.29, 1.82) is 0 Å². The molecule has 66 valence electrons. The van der Waals surface area contributed by atoms with Crippen LogP contribution in [0.25, 0.3) is 0 Å². The number of rotatable bonds is 1. The summed E-state index contributed by atoms with van der Waals surface area (Å²) < 4.78 is 0. The Bertz CT molecular complexity index is 243. The molecule has 1 atom stereocenters. The first-order valence-electron chi connectivity index (χ1n) is 3.99. The number of likely N-dealkylation sites (N-methyl/N-ethyl adjacent to an activating group) is 2. The van der Waals surface area contributed by atoms with E-state index in [4.69, 9.17) is 0 Å². The molecule has 0 bridgehead atoms. The Hall–Kier alpha value is -1.25. The molecule has 1 N–H and O–H groups in total. The highest BCUT2D eigenvalue weighted by atomic mass is 16.1. The van der Waals surface area contributed by atoms with E-state index in [1.807, 2.05) is 30.3 Å². The molecule has 1 aliphatic rings. The van der Waals surface area contributed by atoms with Crippen LogP contribution in [-0.4, -0.2) is 30.9 Å². The SMILES string of the molecule is CNC(=O)C1=CN(C)C(C)C=C1. The van der Waals surface area contributed by atoms with Crippen molar-refractivity contribution < 1.29 is 4.79 Å². The number of hydrogen-bond donors (Lipinski definition) is 1. The summed E-state index contributed by atoms with van der Waals surface area (Å²) in [6.07, 6.45) is 5.71. The fourth-order valence-corrected chi connectivity index (χ4v) is 1.04. The summed E-state index contributed by atoms with van der Waals surface area (Å²) in [4.78, 5) is 13.2. The Morgan fingerprint density at radius 3 is 2.83 bits per heavy atom. The van der Waals surface area contributed by atoms with Crippen LogP contribution in [0.2, 0.25) is 0 Å². The summed E-state index contributed by atoms with van der Waals surface area (Å²) in [6, 6.07) is 0.374. The van der Waals surface area contributed by atoms with Gasteiger partial charge < -0.3 is 10.2 Å². The molecular weight excluding hydrogens is 152 g/mol. The lowest BCUT2D eigenvalue weighted by Gasteiger charge is -2.24. The zero-order valence-corrected chi connectivity index (χ0v) is 7.66. The van der Waals surface area contributed by atoms with Gasteiger partial charge in [-0.15, -0.1) is 0 Å². The Kier molecular flexibility index (Phi) is 2.53. The quantitative estimate of drug-likeness (QED) is 0.615. The molecule has 1 aliphatic heterocycles. The summed E-state index contributed by atoms with van der Waals surface area (Å²) in [5, 5.41) is 2.58. The third-order valence-corrected chi connectivity index (χ3v) is 2.03. The normalized spacial score (nSPS) is 22.1. The van der Waals surface area contributed by atoms with Crippen molar-refractivity contribution in [3.63, 3.8) is 0 Å². The van der Waals surface area contributed by atoms with Gasteiger partial charge in [0.1, 0.15) is 0 Å². The number of nitrogens with zero attached hydrogens (tertiary/aromatic N) is 1. The van der Waals surface area contributed by atoms with Crippen molar-refractivity contribution in [3.05, 3.63) is 23.9 Å². The average Bonchev–Trinajstić information content (AvgIpc) is 2.08. The van der Waals surface area contributed by atoms with Crippen LogP contribution in [0, 0.1) is 0 Å². The van der Waals surface area contributed by atoms with Gasteiger partial charge in [-0.1, -0.05) is 6.08 Å². The minimum atomic E-state index is -0.0370. The van der Waals surface area contributed by atoms with E-state index in [1.54, 1.807) is 7.05 Å². The van der Waals surface area contributed by atoms with Gasteiger partial charge >= 0.3 is 0 Å². The molecule has 1 rings (SSSR count). The zero-order valence-electron chi connectivity index (χ0n) is 7.66. The summed E-state index contributed by atoms with van der Waals surface area (Å²) in [7, 11) is 3.59. The van der Waals surface area contributed by atoms with E-state index < -0.39 is 0 Å². The number of hydrogen-bond acceptors (Lipinski definition) is 2. The van der Waals surface area contributed by atoms with Crippen LogP contribution < -0.4 is 5.32 Å². The molecular formula is C9H14N2O. The summed E-state index contributed by atoms with van der Waals surface area (Å²) in [5.74, 6) is -0.0370. The lowest BCUT2D eigenvalue weighted by Crippen LogP contribution is -2.28. The molecule has 0 saturated carbocycles. The molecule has 0 fully saturated rings. The molecule has 3 heteroatoms. The van der Waals surface area contributed by atoms with Crippen LogP contribution in [-0.2, 0) is 4.79 Å². The lowest BCUT2D eigenvalue weighted by atomic mass is 10.1. The standard InChI is InChI=1S/C9H14N2O/c1-7-4-5-8(6-11(7)3)9(12)10-2/h4-7H,1-3H3,(H,10,12). The van der Waals surface area contributed by atoms with E-state index in [0.717, 1.165) is 0 Å². The summed E-state index contributed by atoms with van der Waals surface area (Å²) in [6.45, 7) is 2.08. The van der Waals surface area contributed by atoms with Crippen molar-refractivity contribution in [2.24, 2.45) is 0 Å². The highest BCUT2D eigenvalue weighted by Crippen LogP contribution is 2.10. The van der Waals surface area contributed by atoms with Crippen LogP contribution in [0.4, 0.5) is 0 Å². The average molecular weight is 166 g/mol. The first-order chi connectivity index (χ1) is 5.65. The minimum absolute atomic E-state index is 0.0370. The molecule has 0 aromatic carbocycles. The summed E-state index contributed by atoms with van der Waals surface area (Å²) >= 11 is 0. The minimum Gasteiger partial charge on any atom is -0.374 e. The largest absolute Gasteiger partial charge is 0.374 e. The molecule has 3 nitrogen and oxygen atoms in total. The van der Waals surface area contributed by atoms with E-state index in [1.165, 1.54) is 0 Å². The van der Waals surface area contributed by atoms with Crippen molar-refractivity contribution in [2.45, 2.75) is 13.0 Å². The van der Waals surface area contributed by atoms with E-state index in [9.17, 15) is 4.79 Å². The maximum atomic E-state index is 11.2. The molecule has 1 heterocycles. The van der Waals surface area contributed by atoms with Gasteiger partial charge in [-0.2, -0.15) is 0 Å². The molecule has 0 aliphatic carbocycles. The van der Waals surface area contributed by atoms with Crippen LogP contribution in [0.1, 0.15) is 6.92 Å². The molecule has 0 aromatic heterocycles. The van der Waals surface area contributed by atoms with Crippen LogP contribution >= 0.6 is 0 Å². The third-order valence-electron chi connectivity index (χ3n) is 2.03. The third kappa shape index (κ3) is 1.67. The van der Waals surface area contributed by atoms with Gasteiger partial charge in [-0.05, 0) is 13.0 Å². The van der Waals surface area contributed by atoms with E-state index >= 15 is 0 Å². The smallest absolute Gasteiger partial charge is 0.252 e. The fraction of sp³-hybridized carbons (Fsp3) is 0.444. The maximum Gasteiger partial charge on any atom is 0.252 e. The lowest BCUT2D eigenvalue weighted by molar-refractivity contribution is -0.116. The molecule has 0 saturated heterocycles. The molecule has 1 unspecified atom stereocenters. The topological polar surface area (TPSA) is 32.3 Å². The first kappa shape index (κ1) is 8.84. The maximum absolute atomic E-state index is 11.2. The fourth-order valence-electron chi connectivity index (χ4n) is 1.04. The van der Waals surface area contributed by atoms with Gasteiger partial charge in [0.05, 0.1) is 5.57 Å². The monoisotopic (exact) mass is 166 g/mol. The van der Waals surface area contributed by atoms with E-state index in [0.29, 0.717) is 11.6 Å². The Balaban J connectivity index is 2.76. The first-order valence-corrected chi connectivity index (χ1v) is 3.99. The number of amides is 1. The number of carbonyl (C=O) groups is 1. The van der Waals surface area contributed by atoms with E-state index in [2.05, 4.69) is 12.2 Å². The van der Waals surface area contributed by atoms with Gasteiger partial charge in [0, 0.05) is 26.3 Å². The van der Waals surface area contributed by atoms with E-state index in [-0.39, 0.29) is 5.91 Å². The zero-order chi connectivity index (χ0) is 9.14.